The summed E-state index contributed by atoms with van der Waals surface area (Å²) in [5.74, 6) is -0.110. The summed E-state index contributed by atoms with van der Waals surface area (Å²) in [4.78, 5) is 0. The summed E-state index contributed by atoms with van der Waals surface area (Å²) in [6.45, 7) is 1.92. The molecule has 0 spiro atoms. The zero-order chi connectivity index (χ0) is 8.04. The normalized spacial score (nSPS) is 11.8. The minimum atomic E-state index is -3.72. The minimum absolute atomic E-state index is 0.110. The van der Waals surface area contributed by atoms with E-state index in [2.05, 4.69) is 0 Å². The summed E-state index contributed by atoms with van der Waals surface area (Å²) in [6.07, 6.45) is 4.26. The summed E-state index contributed by atoms with van der Waals surface area (Å²) in [7, 11) is -3.72. The Morgan fingerprint density at radius 2 is 2.00 bits per heavy atom. The molecule has 0 aliphatic carbocycles. The van der Waals surface area contributed by atoms with Crippen molar-refractivity contribution in [3.05, 3.63) is 6.42 Å². The molecule has 0 aliphatic heterocycles. The predicted octanol–water partition coefficient (Wildman–Crippen LogP) is 1.27. The van der Waals surface area contributed by atoms with Gasteiger partial charge in [-0.05, 0) is 12.8 Å². The second kappa shape index (κ2) is 4.68. The van der Waals surface area contributed by atoms with Crippen LogP contribution in [0.3, 0.4) is 0 Å². The van der Waals surface area contributed by atoms with Crippen LogP contribution >= 0.6 is 0 Å². The van der Waals surface area contributed by atoms with E-state index in [1.807, 2.05) is 13.3 Å². The van der Waals surface area contributed by atoms with E-state index < -0.39 is 10.1 Å². The molecule has 10 heavy (non-hydrogen) atoms. The molecule has 0 rings (SSSR count). The van der Waals surface area contributed by atoms with Gasteiger partial charge in [-0.3, -0.25) is 4.55 Å². The van der Waals surface area contributed by atoms with Gasteiger partial charge in [0, 0.05) is 0 Å². The van der Waals surface area contributed by atoms with Crippen molar-refractivity contribution in [2.75, 3.05) is 5.75 Å². The van der Waals surface area contributed by atoms with Crippen LogP contribution in [-0.2, 0) is 10.1 Å². The van der Waals surface area contributed by atoms with Crippen LogP contribution in [0.25, 0.3) is 0 Å². The standard InChI is InChI=1S/C6H13O3S/c1-2-3-4-5-6-10(7,8)9/h2H,3-6H2,1H3,(H,7,8,9). The molecule has 0 saturated heterocycles. The summed E-state index contributed by atoms with van der Waals surface area (Å²) >= 11 is 0. The summed E-state index contributed by atoms with van der Waals surface area (Å²) in [6, 6.07) is 0. The van der Waals surface area contributed by atoms with Crippen LogP contribution in [0.2, 0.25) is 0 Å². The van der Waals surface area contributed by atoms with Crippen molar-refractivity contribution in [2.24, 2.45) is 0 Å². The van der Waals surface area contributed by atoms with Gasteiger partial charge in [0.2, 0.25) is 0 Å². The van der Waals surface area contributed by atoms with Crippen LogP contribution in [0.15, 0.2) is 0 Å². The second-order valence-electron chi connectivity index (χ2n) is 2.19. The summed E-state index contributed by atoms with van der Waals surface area (Å²) in [5.41, 5.74) is 0. The smallest absolute Gasteiger partial charge is 0.264 e. The van der Waals surface area contributed by atoms with E-state index in [4.69, 9.17) is 4.55 Å². The molecule has 0 aromatic carbocycles. The number of hydrogen-bond donors (Lipinski definition) is 1. The number of hydrogen-bond acceptors (Lipinski definition) is 2. The molecule has 61 valence electrons. The topological polar surface area (TPSA) is 54.4 Å². The molecule has 0 aliphatic rings. The largest absolute Gasteiger partial charge is 0.286 e. The first-order valence-electron chi connectivity index (χ1n) is 3.29. The molecule has 0 unspecified atom stereocenters. The Morgan fingerprint density at radius 3 is 2.40 bits per heavy atom. The molecule has 1 radical (unpaired) electrons. The Labute approximate surface area is 62.2 Å². The summed E-state index contributed by atoms with van der Waals surface area (Å²) in [5, 5.41) is 0. The molecular weight excluding hydrogens is 152 g/mol. The molecule has 1 N–H and O–H groups in total. The van der Waals surface area contributed by atoms with Crippen LogP contribution < -0.4 is 0 Å². The van der Waals surface area contributed by atoms with Gasteiger partial charge in [-0.15, -0.1) is 0 Å². The highest BCUT2D eigenvalue weighted by molar-refractivity contribution is 7.85. The lowest BCUT2D eigenvalue weighted by Gasteiger charge is -1.95. The third kappa shape index (κ3) is 7.91. The van der Waals surface area contributed by atoms with Crippen molar-refractivity contribution in [1.29, 1.82) is 0 Å². The van der Waals surface area contributed by atoms with Gasteiger partial charge in [-0.2, -0.15) is 8.42 Å². The van der Waals surface area contributed by atoms with Crippen molar-refractivity contribution in [3.8, 4) is 0 Å². The lowest BCUT2D eigenvalue weighted by atomic mass is 10.2. The second-order valence-corrected chi connectivity index (χ2v) is 3.76. The van der Waals surface area contributed by atoms with Crippen LogP contribution in [0.5, 0.6) is 0 Å². The fraction of sp³-hybridized carbons (Fsp3) is 0.833. The summed E-state index contributed by atoms with van der Waals surface area (Å²) < 4.78 is 28.6. The van der Waals surface area contributed by atoms with E-state index in [1.165, 1.54) is 0 Å². The molecule has 0 saturated carbocycles. The third-order valence-electron chi connectivity index (χ3n) is 1.15. The Hall–Kier alpha value is -0.0900. The van der Waals surface area contributed by atoms with E-state index in [0.717, 1.165) is 12.8 Å². The maximum absolute atomic E-state index is 10.1. The molecule has 3 nitrogen and oxygen atoms in total. The highest BCUT2D eigenvalue weighted by atomic mass is 32.2. The molecule has 0 aromatic heterocycles. The molecule has 0 aromatic rings. The average molecular weight is 165 g/mol. The number of rotatable bonds is 5. The van der Waals surface area contributed by atoms with E-state index in [9.17, 15) is 8.42 Å². The first-order chi connectivity index (χ1) is 4.56. The zero-order valence-electron chi connectivity index (χ0n) is 6.08. The van der Waals surface area contributed by atoms with Crippen molar-refractivity contribution >= 4 is 10.1 Å². The van der Waals surface area contributed by atoms with Gasteiger partial charge < -0.3 is 0 Å². The van der Waals surface area contributed by atoms with Crippen molar-refractivity contribution < 1.29 is 13.0 Å². The van der Waals surface area contributed by atoms with Crippen LogP contribution in [0.4, 0.5) is 0 Å². The quantitative estimate of drug-likeness (QED) is 0.493. The van der Waals surface area contributed by atoms with Gasteiger partial charge in [0.25, 0.3) is 10.1 Å². The van der Waals surface area contributed by atoms with Gasteiger partial charge in [-0.1, -0.05) is 19.8 Å². The first kappa shape index (κ1) is 9.91. The van der Waals surface area contributed by atoms with Crippen LogP contribution in [0.1, 0.15) is 26.2 Å². The van der Waals surface area contributed by atoms with E-state index in [1.54, 1.807) is 0 Å². The first-order valence-corrected chi connectivity index (χ1v) is 4.90. The molecular formula is C6H13O3S. The monoisotopic (exact) mass is 165 g/mol. The lowest BCUT2D eigenvalue weighted by Crippen LogP contribution is -2.03. The maximum atomic E-state index is 10.1. The Kier molecular flexibility index (Phi) is 4.64. The zero-order valence-corrected chi connectivity index (χ0v) is 6.89. The fourth-order valence-corrected chi connectivity index (χ4v) is 1.20. The average Bonchev–Trinajstić information content (AvgIpc) is 1.78. The van der Waals surface area contributed by atoms with Gasteiger partial charge >= 0.3 is 0 Å². The van der Waals surface area contributed by atoms with Crippen LogP contribution in [-0.4, -0.2) is 18.7 Å². The van der Waals surface area contributed by atoms with Crippen LogP contribution in [0, 0.1) is 6.42 Å². The third-order valence-corrected chi connectivity index (χ3v) is 1.95. The molecule has 4 heteroatoms. The maximum Gasteiger partial charge on any atom is 0.264 e. The molecule has 0 atom stereocenters. The lowest BCUT2D eigenvalue weighted by molar-refractivity contribution is 0.480. The van der Waals surface area contributed by atoms with E-state index in [-0.39, 0.29) is 5.75 Å². The molecule has 0 bridgehead atoms. The number of unbranched alkanes of at least 4 members (excludes halogenated alkanes) is 3. The molecule has 0 fully saturated rings. The van der Waals surface area contributed by atoms with Crippen molar-refractivity contribution in [2.45, 2.75) is 26.2 Å². The molecule has 0 amide bonds. The van der Waals surface area contributed by atoms with Gasteiger partial charge in [-0.25, -0.2) is 0 Å². The minimum Gasteiger partial charge on any atom is -0.286 e. The Bertz CT molecular complexity index is 160. The van der Waals surface area contributed by atoms with Crippen molar-refractivity contribution in [3.63, 3.8) is 0 Å². The van der Waals surface area contributed by atoms with Gasteiger partial charge in [0.05, 0.1) is 5.75 Å². The SMILES string of the molecule is C[CH]CCCCS(=O)(=O)O. The Balaban J connectivity index is 3.21. The highest BCUT2D eigenvalue weighted by Gasteiger charge is 2.01. The van der Waals surface area contributed by atoms with E-state index in [0.29, 0.717) is 6.42 Å². The fourth-order valence-electron chi connectivity index (χ4n) is 0.633. The van der Waals surface area contributed by atoms with Crippen molar-refractivity contribution in [1.82, 2.24) is 0 Å². The van der Waals surface area contributed by atoms with Gasteiger partial charge in [0.1, 0.15) is 0 Å². The molecule has 0 heterocycles. The Morgan fingerprint density at radius 1 is 1.40 bits per heavy atom. The van der Waals surface area contributed by atoms with Gasteiger partial charge in [0.15, 0.2) is 0 Å². The predicted molar refractivity (Wildman–Crippen MR) is 40.2 cm³/mol. The van der Waals surface area contributed by atoms with E-state index >= 15 is 0 Å². The highest BCUT2D eigenvalue weighted by Crippen LogP contribution is 1.99.